The molecule has 0 spiro atoms. The van der Waals surface area contributed by atoms with Crippen LogP contribution in [0.5, 0.6) is 0 Å². The minimum absolute atomic E-state index is 0.123. The number of rotatable bonds is 1. The minimum Gasteiger partial charge on any atom is -0.256 e. The van der Waals surface area contributed by atoms with Crippen LogP contribution in [0.3, 0.4) is 0 Å². The van der Waals surface area contributed by atoms with Gasteiger partial charge < -0.3 is 0 Å². The van der Waals surface area contributed by atoms with E-state index in [1.54, 1.807) is 0 Å². The normalized spacial score (nSPS) is 22.3. The molecule has 2 aromatic rings. The third-order valence-electron chi connectivity index (χ3n) is 3.78. The van der Waals surface area contributed by atoms with Crippen molar-refractivity contribution in [1.29, 1.82) is 0 Å². The molecule has 1 aliphatic rings. The monoisotopic (exact) mass is 271 g/mol. The Hall–Kier alpha value is -1.34. The Morgan fingerprint density at radius 2 is 2.00 bits per heavy atom. The fourth-order valence-electron chi connectivity index (χ4n) is 3.00. The molecule has 98 valence electrons. The molecule has 0 N–H and O–H groups in total. The number of hydrogen-bond donors (Lipinski definition) is 0. The van der Waals surface area contributed by atoms with E-state index in [0.29, 0.717) is 0 Å². The first-order valence-electron chi connectivity index (χ1n) is 6.74. The van der Waals surface area contributed by atoms with Gasteiger partial charge in [-0.2, -0.15) is 0 Å². The van der Waals surface area contributed by atoms with Crippen molar-refractivity contribution in [2.24, 2.45) is 5.41 Å². The zero-order valence-corrected chi connectivity index (χ0v) is 12.1. The summed E-state index contributed by atoms with van der Waals surface area (Å²) < 4.78 is 0. The van der Waals surface area contributed by atoms with Crippen molar-refractivity contribution in [2.45, 2.75) is 32.1 Å². The maximum atomic E-state index is 6.40. The number of benzene rings is 1. The van der Waals surface area contributed by atoms with Gasteiger partial charge in [0, 0.05) is 17.1 Å². The Kier molecular flexibility index (Phi) is 3.10. The van der Waals surface area contributed by atoms with Gasteiger partial charge in [-0.25, -0.2) is 0 Å². The number of aromatic nitrogens is 1. The van der Waals surface area contributed by atoms with Crippen molar-refractivity contribution in [2.75, 3.05) is 0 Å². The predicted octanol–water partition coefficient (Wildman–Crippen LogP) is 5.05. The molecule has 0 aliphatic heterocycles. The van der Waals surface area contributed by atoms with E-state index in [1.807, 2.05) is 12.3 Å². The number of halogens is 1. The lowest BCUT2D eigenvalue weighted by Gasteiger charge is -2.32. The molecule has 2 heteroatoms. The fourth-order valence-corrected chi connectivity index (χ4v) is 3.57. The number of alkyl halides is 1. The van der Waals surface area contributed by atoms with Crippen LogP contribution in [0.2, 0.25) is 0 Å². The topological polar surface area (TPSA) is 12.9 Å². The van der Waals surface area contributed by atoms with Gasteiger partial charge in [0.2, 0.25) is 0 Å². The first-order chi connectivity index (χ1) is 9.05. The third-order valence-corrected chi connectivity index (χ3v) is 4.06. The lowest BCUT2D eigenvalue weighted by molar-refractivity contribution is 0.340. The average Bonchev–Trinajstić information content (AvgIpc) is 2.35. The molecule has 1 aromatic carbocycles. The fraction of sp³-hybridized carbons (Fsp3) is 0.353. The lowest BCUT2D eigenvalue weighted by atomic mass is 9.75. The summed E-state index contributed by atoms with van der Waals surface area (Å²) in [6, 6.07) is 10.5. The van der Waals surface area contributed by atoms with Gasteiger partial charge in [0.1, 0.15) is 0 Å². The second-order valence-electron chi connectivity index (χ2n) is 6.13. The summed E-state index contributed by atoms with van der Waals surface area (Å²) in [6.07, 6.45) is 6.16. The highest BCUT2D eigenvalue weighted by Crippen LogP contribution is 2.42. The van der Waals surface area contributed by atoms with Crippen molar-refractivity contribution in [3.8, 4) is 0 Å². The molecule has 3 rings (SSSR count). The van der Waals surface area contributed by atoms with Crippen LogP contribution in [-0.4, -0.2) is 10.4 Å². The van der Waals surface area contributed by atoms with Crippen molar-refractivity contribution < 1.29 is 0 Å². The van der Waals surface area contributed by atoms with Gasteiger partial charge in [-0.15, -0.1) is 11.6 Å². The quantitative estimate of drug-likeness (QED) is 0.662. The number of nitrogens with zero attached hydrogens (tertiary/aromatic N) is 1. The van der Waals surface area contributed by atoms with Crippen molar-refractivity contribution in [3.63, 3.8) is 0 Å². The summed E-state index contributed by atoms with van der Waals surface area (Å²) in [5, 5.41) is 1.31. The molecule has 0 radical (unpaired) electrons. The van der Waals surface area contributed by atoms with Gasteiger partial charge >= 0.3 is 0 Å². The number of fused-ring (bicyclic) bond motifs is 1. The molecule has 0 amide bonds. The Labute approximate surface area is 119 Å². The van der Waals surface area contributed by atoms with E-state index in [2.05, 4.69) is 49.2 Å². The van der Waals surface area contributed by atoms with Crippen LogP contribution < -0.4 is 0 Å². The minimum atomic E-state index is 0.123. The summed E-state index contributed by atoms with van der Waals surface area (Å²) in [5.41, 5.74) is 3.91. The van der Waals surface area contributed by atoms with Gasteiger partial charge in [-0.1, -0.05) is 44.2 Å². The maximum Gasteiger partial charge on any atom is 0.0776 e. The molecule has 1 aliphatic carbocycles. The third kappa shape index (κ3) is 2.52. The van der Waals surface area contributed by atoms with Gasteiger partial charge in [0.05, 0.1) is 10.9 Å². The number of allylic oxidation sites excluding steroid dienone is 2. The van der Waals surface area contributed by atoms with Gasteiger partial charge in [0.15, 0.2) is 0 Å². The first-order valence-corrected chi connectivity index (χ1v) is 7.18. The molecule has 0 saturated heterocycles. The molecule has 0 saturated carbocycles. The van der Waals surface area contributed by atoms with Crippen LogP contribution >= 0.6 is 11.6 Å². The van der Waals surface area contributed by atoms with Crippen LogP contribution in [0.25, 0.3) is 16.5 Å². The van der Waals surface area contributed by atoms with Crippen LogP contribution in [0.15, 0.2) is 42.6 Å². The van der Waals surface area contributed by atoms with Gasteiger partial charge in [-0.05, 0) is 29.9 Å². The summed E-state index contributed by atoms with van der Waals surface area (Å²) in [4.78, 5) is 4.55. The number of pyridine rings is 1. The van der Waals surface area contributed by atoms with E-state index in [0.717, 1.165) is 18.4 Å². The molecule has 1 atom stereocenters. The summed E-state index contributed by atoms with van der Waals surface area (Å²) in [5.74, 6) is 0. The zero-order valence-electron chi connectivity index (χ0n) is 11.4. The van der Waals surface area contributed by atoms with Crippen molar-refractivity contribution >= 4 is 28.1 Å². The average molecular weight is 272 g/mol. The Morgan fingerprint density at radius 1 is 1.21 bits per heavy atom. The molecule has 1 heterocycles. The summed E-state index contributed by atoms with van der Waals surface area (Å²) in [6.45, 7) is 4.57. The lowest BCUT2D eigenvalue weighted by Crippen LogP contribution is -2.21. The van der Waals surface area contributed by atoms with E-state index in [9.17, 15) is 0 Å². The second kappa shape index (κ2) is 4.64. The zero-order chi connectivity index (χ0) is 13.5. The SMILES string of the molecule is CC1(C)CC(c2cccc3cccnc23)=CC(Cl)C1. The van der Waals surface area contributed by atoms with Crippen LogP contribution in [0, 0.1) is 5.41 Å². The largest absolute Gasteiger partial charge is 0.256 e. The highest BCUT2D eigenvalue weighted by atomic mass is 35.5. The first kappa shape index (κ1) is 12.7. The summed E-state index contributed by atoms with van der Waals surface area (Å²) >= 11 is 6.40. The van der Waals surface area contributed by atoms with Crippen molar-refractivity contribution in [1.82, 2.24) is 4.98 Å². The predicted molar refractivity (Wildman–Crippen MR) is 82.4 cm³/mol. The van der Waals surface area contributed by atoms with E-state index >= 15 is 0 Å². The van der Waals surface area contributed by atoms with E-state index in [1.165, 1.54) is 16.5 Å². The Balaban J connectivity index is 2.14. The number of hydrogen-bond acceptors (Lipinski definition) is 1. The smallest absolute Gasteiger partial charge is 0.0776 e. The summed E-state index contributed by atoms with van der Waals surface area (Å²) in [7, 11) is 0. The van der Waals surface area contributed by atoms with Gasteiger partial charge in [0.25, 0.3) is 0 Å². The van der Waals surface area contributed by atoms with Gasteiger partial charge in [-0.3, -0.25) is 4.98 Å². The molecule has 19 heavy (non-hydrogen) atoms. The molecule has 1 unspecified atom stereocenters. The highest BCUT2D eigenvalue weighted by molar-refractivity contribution is 6.22. The molecule has 0 fully saturated rings. The van der Waals surface area contributed by atoms with Crippen LogP contribution in [0.1, 0.15) is 32.3 Å². The molecule has 1 aromatic heterocycles. The Bertz CT molecular complexity index is 637. The Morgan fingerprint density at radius 3 is 2.79 bits per heavy atom. The highest BCUT2D eigenvalue weighted by Gasteiger charge is 2.28. The number of para-hydroxylation sites is 1. The van der Waals surface area contributed by atoms with E-state index in [4.69, 9.17) is 11.6 Å². The van der Waals surface area contributed by atoms with Crippen LogP contribution in [-0.2, 0) is 0 Å². The standard InChI is InChI=1S/C17H18ClN/c1-17(2)10-13(9-14(18)11-17)15-7-3-5-12-6-4-8-19-16(12)15/h3-9,14H,10-11H2,1-2H3. The van der Waals surface area contributed by atoms with E-state index in [-0.39, 0.29) is 10.8 Å². The van der Waals surface area contributed by atoms with Crippen LogP contribution in [0.4, 0.5) is 0 Å². The van der Waals surface area contributed by atoms with E-state index < -0.39 is 0 Å². The molecular weight excluding hydrogens is 254 g/mol. The molecule has 1 nitrogen and oxygen atoms in total. The maximum absolute atomic E-state index is 6.40. The van der Waals surface area contributed by atoms with Crippen molar-refractivity contribution in [3.05, 3.63) is 48.2 Å². The second-order valence-corrected chi connectivity index (χ2v) is 6.69. The molecule has 0 bridgehead atoms. The molecular formula is C17H18ClN.